The van der Waals surface area contributed by atoms with Crippen LogP contribution in [0.2, 0.25) is 5.02 Å². The standard InChI is InChI=1S/C12H12BrClN4O/c1-15-11-10(19-2)12(17-6-16-11)18-9-5-7(13)3-4-8(9)14/h3-6H,1-2H3,(H2,15,16,17,18). The molecule has 0 aliphatic carbocycles. The highest BCUT2D eigenvalue weighted by molar-refractivity contribution is 9.10. The fourth-order valence-corrected chi connectivity index (χ4v) is 2.08. The van der Waals surface area contributed by atoms with Gasteiger partial charge in [0.25, 0.3) is 0 Å². The first-order valence-corrected chi connectivity index (χ1v) is 6.61. The molecule has 0 amide bonds. The lowest BCUT2D eigenvalue weighted by Crippen LogP contribution is -2.03. The summed E-state index contributed by atoms with van der Waals surface area (Å²) in [5, 5.41) is 6.66. The third-order valence-electron chi connectivity index (χ3n) is 2.43. The van der Waals surface area contributed by atoms with E-state index in [1.807, 2.05) is 12.1 Å². The monoisotopic (exact) mass is 342 g/mol. The van der Waals surface area contributed by atoms with Crippen LogP contribution >= 0.6 is 27.5 Å². The van der Waals surface area contributed by atoms with Gasteiger partial charge in [0.05, 0.1) is 17.8 Å². The molecular weight excluding hydrogens is 332 g/mol. The second-order valence-electron chi connectivity index (χ2n) is 3.60. The molecule has 19 heavy (non-hydrogen) atoms. The second kappa shape index (κ2) is 6.08. The average Bonchev–Trinajstić information content (AvgIpc) is 2.42. The fourth-order valence-electron chi connectivity index (χ4n) is 1.56. The summed E-state index contributed by atoms with van der Waals surface area (Å²) in [4.78, 5) is 8.24. The highest BCUT2D eigenvalue weighted by Crippen LogP contribution is 2.34. The van der Waals surface area contributed by atoms with Crippen molar-refractivity contribution < 1.29 is 4.74 Å². The number of halogens is 2. The first-order valence-electron chi connectivity index (χ1n) is 5.44. The summed E-state index contributed by atoms with van der Waals surface area (Å²) >= 11 is 9.53. The molecule has 2 aromatic rings. The Morgan fingerprint density at radius 3 is 2.68 bits per heavy atom. The van der Waals surface area contributed by atoms with Crippen LogP contribution in [-0.4, -0.2) is 24.1 Å². The van der Waals surface area contributed by atoms with E-state index in [4.69, 9.17) is 16.3 Å². The topological polar surface area (TPSA) is 59.1 Å². The van der Waals surface area contributed by atoms with E-state index in [1.165, 1.54) is 6.33 Å². The smallest absolute Gasteiger partial charge is 0.204 e. The van der Waals surface area contributed by atoms with E-state index in [9.17, 15) is 0 Å². The molecule has 0 saturated heterocycles. The normalized spacial score (nSPS) is 10.1. The summed E-state index contributed by atoms with van der Waals surface area (Å²) < 4.78 is 6.22. The molecule has 1 heterocycles. The van der Waals surface area contributed by atoms with Gasteiger partial charge in [0.1, 0.15) is 6.33 Å². The second-order valence-corrected chi connectivity index (χ2v) is 4.93. The van der Waals surface area contributed by atoms with Crippen molar-refractivity contribution in [3.63, 3.8) is 0 Å². The minimum absolute atomic E-state index is 0.529. The van der Waals surface area contributed by atoms with Gasteiger partial charge >= 0.3 is 0 Å². The van der Waals surface area contributed by atoms with E-state index in [-0.39, 0.29) is 0 Å². The summed E-state index contributed by atoms with van der Waals surface area (Å²) in [5.41, 5.74) is 0.732. The van der Waals surface area contributed by atoms with Crippen molar-refractivity contribution in [3.05, 3.63) is 34.0 Å². The van der Waals surface area contributed by atoms with Gasteiger partial charge in [-0.3, -0.25) is 0 Å². The molecule has 0 aliphatic rings. The number of methoxy groups -OCH3 is 1. The number of hydrogen-bond donors (Lipinski definition) is 2. The molecule has 7 heteroatoms. The van der Waals surface area contributed by atoms with Gasteiger partial charge in [-0.15, -0.1) is 0 Å². The molecule has 0 radical (unpaired) electrons. The zero-order valence-corrected chi connectivity index (χ0v) is 12.7. The van der Waals surface area contributed by atoms with Crippen LogP contribution in [0.1, 0.15) is 0 Å². The Morgan fingerprint density at radius 2 is 2.00 bits per heavy atom. The van der Waals surface area contributed by atoms with Crippen molar-refractivity contribution in [3.8, 4) is 5.75 Å². The quantitative estimate of drug-likeness (QED) is 0.886. The summed E-state index contributed by atoms with van der Waals surface area (Å²) in [7, 11) is 3.33. The van der Waals surface area contributed by atoms with E-state index in [2.05, 4.69) is 36.5 Å². The van der Waals surface area contributed by atoms with Crippen LogP contribution in [0.5, 0.6) is 5.75 Å². The average molecular weight is 344 g/mol. The largest absolute Gasteiger partial charge is 0.490 e. The first kappa shape index (κ1) is 13.9. The molecule has 0 spiro atoms. The summed E-state index contributed by atoms with van der Waals surface area (Å²) in [6.07, 6.45) is 1.45. The number of benzene rings is 1. The number of aromatic nitrogens is 2. The molecule has 0 atom stereocenters. The molecular formula is C12H12BrClN4O. The number of ether oxygens (including phenoxy) is 1. The van der Waals surface area contributed by atoms with Gasteiger partial charge in [-0.25, -0.2) is 9.97 Å². The fraction of sp³-hybridized carbons (Fsp3) is 0.167. The molecule has 100 valence electrons. The van der Waals surface area contributed by atoms with E-state index >= 15 is 0 Å². The Morgan fingerprint density at radius 1 is 1.26 bits per heavy atom. The third kappa shape index (κ3) is 3.08. The lowest BCUT2D eigenvalue weighted by Gasteiger charge is -2.13. The molecule has 2 rings (SSSR count). The molecule has 0 bridgehead atoms. The minimum Gasteiger partial charge on any atom is -0.490 e. The SMILES string of the molecule is CNc1ncnc(Nc2cc(Br)ccc2Cl)c1OC. The Hall–Kier alpha value is -1.53. The van der Waals surface area contributed by atoms with Crippen LogP contribution in [0.3, 0.4) is 0 Å². The molecule has 0 fully saturated rings. The van der Waals surface area contributed by atoms with Crippen molar-refractivity contribution >= 4 is 44.9 Å². The van der Waals surface area contributed by atoms with Gasteiger partial charge in [-0.05, 0) is 18.2 Å². The number of hydrogen-bond acceptors (Lipinski definition) is 5. The van der Waals surface area contributed by atoms with Crippen LogP contribution in [-0.2, 0) is 0 Å². The van der Waals surface area contributed by atoms with Gasteiger partial charge in [0.2, 0.25) is 5.75 Å². The first-order chi connectivity index (χ1) is 9.15. The predicted octanol–water partition coefficient (Wildman–Crippen LogP) is 3.69. The number of anilines is 3. The van der Waals surface area contributed by atoms with E-state index in [0.29, 0.717) is 22.4 Å². The van der Waals surface area contributed by atoms with Gasteiger partial charge in [-0.2, -0.15) is 0 Å². The van der Waals surface area contributed by atoms with Crippen LogP contribution < -0.4 is 15.4 Å². The summed E-state index contributed by atoms with van der Waals surface area (Å²) in [6, 6.07) is 5.52. The minimum atomic E-state index is 0.529. The van der Waals surface area contributed by atoms with Crippen molar-refractivity contribution in [2.45, 2.75) is 0 Å². The maximum absolute atomic E-state index is 6.13. The molecule has 0 saturated carbocycles. The molecule has 1 aromatic heterocycles. The molecule has 1 aromatic carbocycles. The van der Waals surface area contributed by atoms with Crippen molar-refractivity contribution in [1.29, 1.82) is 0 Å². The molecule has 0 aliphatic heterocycles. The summed E-state index contributed by atoms with van der Waals surface area (Å²) in [5.74, 6) is 1.68. The molecule has 2 N–H and O–H groups in total. The number of rotatable bonds is 4. The van der Waals surface area contributed by atoms with Gasteiger partial charge in [0.15, 0.2) is 11.6 Å². The highest BCUT2D eigenvalue weighted by Gasteiger charge is 2.12. The number of nitrogens with zero attached hydrogens (tertiary/aromatic N) is 2. The van der Waals surface area contributed by atoms with E-state index in [1.54, 1.807) is 20.2 Å². The maximum Gasteiger partial charge on any atom is 0.204 e. The van der Waals surface area contributed by atoms with Crippen molar-refractivity contribution in [2.75, 3.05) is 24.8 Å². The highest BCUT2D eigenvalue weighted by atomic mass is 79.9. The predicted molar refractivity (Wildman–Crippen MR) is 80.6 cm³/mol. The zero-order chi connectivity index (χ0) is 13.8. The summed E-state index contributed by atoms with van der Waals surface area (Å²) in [6.45, 7) is 0. The van der Waals surface area contributed by atoms with Crippen LogP contribution in [0.25, 0.3) is 0 Å². The van der Waals surface area contributed by atoms with Gasteiger partial charge in [-0.1, -0.05) is 27.5 Å². The van der Waals surface area contributed by atoms with E-state index < -0.39 is 0 Å². The molecule has 0 unspecified atom stereocenters. The number of nitrogens with one attached hydrogen (secondary N) is 2. The van der Waals surface area contributed by atoms with Crippen LogP contribution in [0.4, 0.5) is 17.3 Å². The van der Waals surface area contributed by atoms with Crippen molar-refractivity contribution in [2.24, 2.45) is 0 Å². The van der Waals surface area contributed by atoms with Crippen LogP contribution in [0.15, 0.2) is 29.0 Å². The lowest BCUT2D eigenvalue weighted by molar-refractivity contribution is 0.415. The Labute approximate surface area is 124 Å². The Balaban J connectivity index is 2.40. The third-order valence-corrected chi connectivity index (χ3v) is 3.25. The zero-order valence-electron chi connectivity index (χ0n) is 10.4. The van der Waals surface area contributed by atoms with Gasteiger partial charge in [0, 0.05) is 11.5 Å². The maximum atomic E-state index is 6.13. The van der Waals surface area contributed by atoms with Crippen molar-refractivity contribution in [1.82, 2.24) is 9.97 Å². The molecule has 5 nitrogen and oxygen atoms in total. The lowest BCUT2D eigenvalue weighted by atomic mass is 10.3. The van der Waals surface area contributed by atoms with Gasteiger partial charge < -0.3 is 15.4 Å². The Bertz CT molecular complexity index is 594. The van der Waals surface area contributed by atoms with Crippen LogP contribution in [0, 0.1) is 0 Å². The Kier molecular flexibility index (Phi) is 4.44. The van der Waals surface area contributed by atoms with E-state index in [0.717, 1.165) is 10.2 Å².